The van der Waals surface area contributed by atoms with E-state index in [9.17, 15) is 4.79 Å². The van der Waals surface area contributed by atoms with E-state index in [0.717, 1.165) is 43.3 Å². The van der Waals surface area contributed by atoms with Crippen molar-refractivity contribution in [2.75, 3.05) is 18.4 Å². The maximum Gasteiger partial charge on any atom is 0.223 e. The van der Waals surface area contributed by atoms with Crippen LogP contribution in [0, 0.1) is 5.92 Å². The number of rotatable bonds is 6. The number of amides is 1. The topological polar surface area (TPSA) is 66.9 Å². The van der Waals surface area contributed by atoms with E-state index in [4.69, 9.17) is 0 Å². The molecule has 1 fully saturated rings. The van der Waals surface area contributed by atoms with Gasteiger partial charge in [0, 0.05) is 36.0 Å². The molecule has 0 unspecified atom stereocenters. The van der Waals surface area contributed by atoms with Gasteiger partial charge < -0.3 is 10.6 Å². The minimum Gasteiger partial charge on any atom is -0.360 e. The molecule has 0 saturated heterocycles. The zero-order valence-electron chi connectivity index (χ0n) is 12.5. The number of nitrogens with one attached hydrogen (secondary N) is 2. The van der Waals surface area contributed by atoms with Gasteiger partial charge in [-0.05, 0) is 19.3 Å². The van der Waals surface area contributed by atoms with Gasteiger partial charge in [-0.15, -0.1) is 0 Å². The van der Waals surface area contributed by atoms with Crippen LogP contribution < -0.4 is 10.6 Å². The zero-order chi connectivity index (χ0) is 14.6. The van der Waals surface area contributed by atoms with E-state index in [1.807, 2.05) is 0 Å². The molecule has 0 radical (unpaired) electrons. The Labute approximate surface area is 124 Å². The van der Waals surface area contributed by atoms with Crippen molar-refractivity contribution in [2.24, 2.45) is 5.92 Å². The van der Waals surface area contributed by atoms with E-state index in [2.05, 4.69) is 40.8 Å². The molecule has 0 aromatic carbocycles. The van der Waals surface area contributed by atoms with Crippen LogP contribution in [0.1, 0.15) is 52.3 Å². The first-order chi connectivity index (χ1) is 9.47. The molecule has 112 valence electrons. The summed E-state index contributed by atoms with van der Waals surface area (Å²) in [5, 5.41) is 7.11. The number of aromatic nitrogens is 2. The van der Waals surface area contributed by atoms with Gasteiger partial charge in [-0.25, -0.2) is 4.98 Å². The Morgan fingerprint density at radius 2 is 2.10 bits per heavy atom. The summed E-state index contributed by atoms with van der Waals surface area (Å²) in [6.07, 6.45) is 4.23. The van der Waals surface area contributed by atoms with E-state index in [-0.39, 0.29) is 17.2 Å². The van der Waals surface area contributed by atoms with Crippen LogP contribution in [0.4, 0.5) is 5.13 Å². The highest BCUT2D eigenvalue weighted by Gasteiger charge is 2.24. The number of anilines is 1. The number of hydrogen-bond acceptors (Lipinski definition) is 5. The van der Waals surface area contributed by atoms with Gasteiger partial charge in [-0.2, -0.15) is 4.37 Å². The largest absolute Gasteiger partial charge is 0.360 e. The van der Waals surface area contributed by atoms with Crippen molar-refractivity contribution in [3.8, 4) is 0 Å². The fourth-order valence-corrected chi connectivity index (χ4v) is 2.69. The standard InChI is InChI=1S/C14H24N4OS/c1-14(2,3)12-17-13(20-18-12)16-9-5-8-15-11(19)10-6-4-7-10/h10H,4-9H2,1-3H3,(H,15,19)(H,16,17,18). The summed E-state index contributed by atoms with van der Waals surface area (Å²) < 4.78 is 4.35. The second kappa shape index (κ2) is 6.52. The van der Waals surface area contributed by atoms with Crippen LogP contribution in [0.25, 0.3) is 0 Å². The third kappa shape index (κ3) is 4.16. The van der Waals surface area contributed by atoms with Crippen molar-refractivity contribution in [1.29, 1.82) is 0 Å². The Kier molecular flexibility index (Phi) is 4.96. The van der Waals surface area contributed by atoms with Crippen molar-refractivity contribution in [3.05, 3.63) is 5.82 Å². The van der Waals surface area contributed by atoms with Crippen LogP contribution in [0.5, 0.6) is 0 Å². The first-order valence-corrected chi connectivity index (χ1v) is 8.10. The van der Waals surface area contributed by atoms with Crippen LogP contribution in [0.3, 0.4) is 0 Å². The van der Waals surface area contributed by atoms with E-state index in [0.29, 0.717) is 0 Å². The zero-order valence-corrected chi connectivity index (χ0v) is 13.3. The number of carbonyl (C=O) groups is 1. The number of hydrogen-bond donors (Lipinski definition) is 2. The lowest BCUT2D eigenvalue weighted by molar-refractivity contribution is -0.127. The van der Waals surface area contributed by atoms with Crippen LogP contribution in [-0.4, -0.2) is 28.4 Å². The van der Waals surface area contributed by atoms with E-state index in [1.54, 1.807) is 0 Å². The maximum atomic E-state index is 11.6. The van der Waals surface area contributed by atoms with Crippen LogP contribution in [0.15, 0.2) is 0 Å². The lowest BCUT2D eigenvalue weighted by Gasteiger charge is -2.23. The summed E-state index contributed by atoms with van der Waals surface area (Å²) >= 11 is 1.40. The summed E-state index contributed by atoms with van der Waals surface area (Å²) in [5.41, 5.74) is -0.00677. The molecule has 1 aromatic heterocycles. The van der Waals surface area contributed by atoms with E-state index in [1.165, 1.54) is 18.0 Å². The van der Waals surface area contributed by atoms with Crippen molar-refractivity contribution in [3.63, 3.8) is 0 Å². The molecule has 1 aromatic rings. The molecule has 1 amide bonds. The minimum absolute atomic E-state index is 0.00677. The minimum atomic E-state index is -0.00677. The molecule has 5 nitrogen and oxygen atoms in total. The summed E-state index contributed by atoms with van der Waals surface area (Å²) in [5.74, 6) is 1.38. The fourth-order valence-electron chi connectivity index (χ4n) is 1.91. The third-order valence-corrected chi connectivity index (χ3v) is 4.17. The summed E-state index contributed by atoms with van der Waals surface area (Å²) in [4.78, 5) is 16.1. The smallest absolute Gasteiger partial charge is 0.223 e. The predicted octanol–water partition coefficient (Wildman–Crippen LogP) is 2.55. The Bertz CT molecular complexity index is 448. The predicted molar refractivity (Wildman–Crippen MR) is 82.1 cm³/mol. The third-order valence-electron chi connectivity index (χ3n) is 3.50. The number of nitrogens with zero attached hydrogens (tertiary/aromatic N) is 2. The lowest BCUT2D eigenvalue weighted by Crippen LogP contribution is -2.35. The Balaban J connectivity index is 1.61. The molecule has 6 heteroatoms. The molecule has 1 aliphatic rings. The first-order valence-electron chi connectivity index (χ1n) is 7.32. The van der Waals surface area contributed by atoms with Gasteiger partial charge in [0.1, 0.15) is 5.82 Å². The van der Waals surface area contributed by atoms with Crippen molar-refractivity contribution in [1.82, 2.24) is 14.7 Å². The molecule has 1 aliphatic carbocycles. The molecule has 0 aliphatic heterocycles. The molecular weight excluding hydrogens is 272 g/mol. The normalized spacial score (nSPS) is 15.8. The molecule has 2 N–H and O–H groups in total. The second-order valence-corrected chi connectivity index (χ2v) is 7.12. The van der Waals surface area contributed by atoms with E-state index < -0.39 is 0 Å². The van der Waals surface area contributed by atoms with Gasteiger partial charge in [0.25, 0.3) is 0 Å². The van der Waals surface area contributed by atoms with Gasteiger partial charge in [0.15, 0.2) is 0 Å². The highest BCUT2D eigenvalue weighted by molar-refractivity contribution is 7.09. The van der Waals surface area contributed by atoms with Gasteiger partial charge in [-0.1, -0.05) is 27.2 Å². The van der Waals surface area contributed by atoms with E-state index >= 15 is 0 Å². The van der Waals surface area contributed by atoms with Gasteiger partial charge in [0.2, 0.25) is 11.0 Å². The quantitative estimate of drug-likeness (QED) is 0.792. The molecular formula is C14H24N4OS. The molecule has 2 rings (SSSR count). The van der Waals surface area contributed by atoms with Crippen molar-refractivity contribution >= 4 is 22.6 Å². The molecule has 1 heterocycles. The van der Waals surface area contributed by atoms with Crippen LogP contribution in [0.2, 0.25) is 0 Å². The molecule has 0 bridgehead atoms. The summed E-state index contributed by atoms with van der Waals surface area (Å²) in [6, 6.07) is 0. The van der Waals surface area contributed by atoms with Crippen molar-refractivity contribution in [2.45, 2.75) is 51.9 Å². The average Bonchev–Trinajstić information content (AvgIpc) is 2.74. The van der Waals surface area contributed by atoms with Gasteiger partial charge >= 0.3 is 0 Å². The Hall–Kier alpha value is -1.17. The summed E-state index contributed by atoms with van der Waals surface area (Å²) in [7, 11) is 0. The Morgan fingerprint density at radius 3 is 2.65 bits per heavy atom. The Morgan fingerprint density at radius 1 is 1.35 bits per heavy atom. The highest BCUT2D eigenvalue weighted by atomic mass is 32.1. The van der Waals surface area contributed by atoms with Gasteiger partial charge in [-0.3, -0.25) is 4.79 Å². The van der Waals surface area contributed by atoms with Crippen molar-refractivity contribution < 1.29 is 4.79 Å². The second-order valence-electron chi connectivity index (χ2n) is 6.37. The monoisotopic (exact) mass is 296 g/mol. The fraction of sp³-hybridized carbons (Fsp3) is 0.786. The first kappa shape index (κ1) is 15.2. The lowest BCUT2D eigenvalue weighted by atomic mass is 9.85. The average molecular weight is 296 g/mol. The SMILES string of the molecule is CC(C)(C)c1nsc(NCCCNC(=O)C2CCC2)n1. The molecule has 1 saturated carbocycles. The van der Waals surface area contributed by atoms with Crippen LogP contribution in [-0.2, 0) is 10.2 Å². The molecule has 0 spiro atoms. The highest BCUT2D eigenvalue weighted by Crippen LogP contribution is 2.26. The summed E-state index contributed by atoms with van der Waals surface area (Å²) in [6.45, 7) is 7.86. The molecule has 0 atom stereocenters. The van der Waals surface area contributed by atoms with Gasteiger partial charge in [0.05, 0.1) is 0 Å². The maximum absolute atomic E-state index is 11.6. The van der Waals surface area contributed by atoms with Crippen LogP contribution >= 0.6 is 11.5 Å². The number of carbonyl (C=O) groups excluding carboxylic acids is 1. The molecule has 20 heavy (non-hydrogen) atoms.